The van der Waals surface area contributed by atoms with Crippen molar-refractivity contribution < 1.29 is 13.2 Å². The van der Waals surface area contributed by atoms with Gasteiger partial charge in [-0.3, -0.25) is 0 Å². The maximum Gasteiger partial charge on any atom is 0.150 e. The average Bonchev–Trinajstić information content (AvgIpc) is 2.73. The number of anilines is 1. The van der Waals surface area contributed by atoms with Crippen LogP contribution in [0, 0.1) is 18.6 Å². The van der Waals surface area contributed by atoms with E-state index in [2.05, 4.69) is 0 Å². The number of hydrogen-bond donors (Lipinski definition) is 1. The summed E-state index contributed by atoms with van der Waals surface area (Å²) in [7, 11) is 1.58. The fourth-order valence-electron chi connectivity index (χ4n) is 1.96. The van der Waals surface area contributed by atoms with Crippen LogP contribution in [0.25, 0.3) is 0 Å². The van der Waals surface area contributed by atoms with E-state index in [1.807, 2.05) is 6.92 Å². The number of furan rings is 1. The van der Waals surface area contributed by atoms with Crippen molar-refractivity contribution in [2.75, 3.05) is 11.9 Å². The molecule has 1 aromatic carbocycles. The lowest BCUT2D eigenvalue weighted by atomic mass is 10.1. The van der Waals surface area contributed by atoms with Gasteiger partial charge in [0.25, 0.3) is 0 Å². The first-order valence-corrected chi connectivity index (χ1v) is 6.34. The van der Waals surface area contributed by atoms with E-state index in [0.29, 0.717) is 5.76 Å². The van der Waals surface area contributed by atoms with Gasteiger partial charge in [-0.1, -0.05) is 12.2 Å². The third kappa shape index (κ3) is 2.96. The summed E-state index contributed by atoms with van der Waals surface area (Å²) >= 11 is 4.71. The Bertz CT molecular complexity index is 631. The van der Waals surface area contributed by atoms with Crippen LogP contribution in [0.2, 0.25) is 0 Å². The molecule has 0 spiro atoms. The van der Waals surface area contributed by atoms with E-state index >= 15 is 0 Å². The maximum absolute atomic E-state index is 14.0. The minimum Gasteiger partial charge on any atom is -0.464 e. The molecule has 0 radical (unpaired) electrons. The molecule has 6 heteroatoms. The molecular weight excluding hydrogens is 282 g/mol. The predicted molar refractivity (Wildman–Crippen MR) is 77.8 cm³/mol. The van der Waals surface area contributed by atoms with Gasteiger partial charge in [0, 0.05) is 12.6 Å². The number of thiocarbonyl (C=S) groups is 1. The molecule has 1 heterocycles. The monoisotopic (exact) mass is 296 g/mol. The van der Waals surface area contributed by atoms with Crippen molar-refractivity contribution in [1.29, 1.82) is 0 Å². The zero-order valence-electron chi connectivity index (χ0n) is 11.1. The Labute approximate surface area is 121 Å². The van der Waals surface area contributed by atoms with Gasteiger partial charge in [-0.2, -0.15) is 0 Å². The lowest BCUT2D eigenvalue weighted by Gasteiger charge is -2.20. The SMILES string of the molecule is Cc1ccc(CN(C)c2c(F)cc(C(N)=S)cc2F)o1. The molecule has 2 rings (SSSR count). The van der Waals surface area contributed by atoms with Crippen LogP contribution in [0.4, 0.5) is 14.5 Å². The van der Waals surface area contributed by atoms with Crippen molar-refractivity contribution >= 4 is 22.9 Å². The summed E-state index contributed by atoms with van der Waals surface area (Å²) in [6, 6.07) is 5.83. The molecule has 20 heavy (non-hydrogen) atoms. The van der Waals surface area contributed by atoms with Gasteiger partial charge in [0.1, 0.15) is 33.8 Å². The van der Waals surface area contributed by atoms with Crippen LogP contribution in [0.15, 0.2) is 28.7 Å². The summed E-state index contributed by atoms with van der Waals surface area (Å²) in [6.45, 7) is 2.07. The molecule has 0 aliphatic carbocycles. The Kier molecular flexibility index (Phi) is 4.04. The molecule has 2 aromatic rings. The summed E-state index contributed by atoms with van der Waals surface area (Å²) in [4.78, 5) is 1.39. The molecule has 1 aromatic heterocycles. The Morgan fingerprint density at radius 1 is 1.30 bits per heavy atom. The third-order valence-corrected chi connectivity index (χ3v) is 3.11. The van der Waals surface area contributed by atoms with Crippen LogP contribution < -0.4 is 10.6 Å². The molecule has 0 fully saturated rings. The highest BCUT2D eigenvalue weighted by Gasteiger charge is 2.17. The molecule has 0 aliphatic rings. The zero-order valence-corrected chi connectivity index (χ0v) is 11.9. The summed E-state index contributed by atoms with van der Waals surface area (Å²) in [6.07, 6.45) is 0. The van der Waals surface area contributed by atoms with Crippen molar-refractivity contribution in [3.05, 3.63) is 53.0 Å². The first-order valence-electron chi connectivity index (χ1n) is 5.93. The van der Waals surface area contributed by atoms with Gasteiger partial charge < -0.3 is 15.1 Å². The molecule has 0 saturated carbocycles. The number of rotatable bonds is 4. The summed E-state index contributed by atoms with van der Waals surface area (Å²) < 4.78 is 33.4. The molecule has 0 amide bonds. The van der Waals surface area contributed by atoms with Crippen LogP contribution in [0.5, 0.6) is 0 Å². The second kappa shape index (κ2) is 5.58. The van der Waals surface area contributed by atoms with Crippen molar-refractivity contribution in [2.45, 2.75) is 13.5 Å². The highest BCUT2D eigenvalue weighted by Crippen LogP contribution is 2.25. The number of aryl methyl sites for hydroxylation is 1. The normalized spacial score (nSPS) is 10.6. The first-order chi connectivity index (χ1) is 9.38. The van der Waals surface area contributed by atoms with E-state index in [0.717, 1.165) is 17.9 Å². The van der Waals surface area contributed by atoms with Crippen LogP contribution in [0.3, 0.4) is 0 Å². The van der Waals surface area contributed by atoms with Crippen LogP contribution in [-0.2, 0) is 6.54 Å². The van der Waals surface area contributed by atoms with Gasteiger partial charge >= 0.3 is 0 Å². The number of halogens is 2. The van der Waals surface area contributed by atoms with Crippen molar-refractivity contribution in [3.63, 3.8) is 0 Å². The molecular formula is C14H14F2N2OS. The number of benzene rings is 1. The molecule has 106 valence electrons. The Morgan fingerprint density at radius 2 is 1.90 bits per heavy atom. The molecule has 2 N–H and O–H groups in total. The second-order valence-corrected chi connectivity index (χ2v) is 4.96. The van der Waals surface area contributed by atoms with Crippen LogP contribution >= 0.6 is 12.2 Å². The largest absolute Gasteiger partial charge is 0.464 e. The third-order valence-electron chi connectivity index (χ3n) is 2.87. The Hall–Kier alpha value is -1.95. The summed E-state index contributed by atoms with van der Waals surface area (Å²) in [5.74, 6) is -0.0439. The minimum absolute atomic E-state index is 0.0429. The van der Waals surface area contributed by atoms with Crippen LogP contribution in [-0.4, -0.2) is 12.0 Å². The number of nitrogens with two attached hydrogens (primary N) is 1. The predicted octanol–water partition coefficient (Wildman–Crippen LogP) is 3.14. The quantitative estimate of drug-likeness (QED) is 0.880. The minimum atomic E-state index is -0.710. The van der Waals surface area contributed by atoms with Crippen LogP contribution in [0.1, 0.15) is 17.1 Å². The van der Waals surface area contributed by atoms with Crippen molar-refractivity contribution in [1.82, 2.24) is 0 Å². The van der Waals surface area contributed by atoms with Gasteiger partial charge in [-0.05, 0) is 31.2 Å². The number of hydrogen-bond acceptors (Lipinski definition) is 3. The fraction of sp³-hybridized carbons (Fsp3) is 0.214. The Balaban J connectivity index is 2.30. The van der Waals surface area contributed by atoms with E-state index in [1.54, 1.807) is 19.2 Å². The summed E-state index contributed by atoms with van der Waals surface area (Å²) in [5.41, 5.74) is 5.40. The van der Waals surface area contributed by atoms with Crippen molar-refractivity contribution in [3.8, 4) is 0 Å². The van der Waals surface area contributed by atoms with E-state index < -0.39 is 11.6 Å². The van der Waals surface area contributed by atoms with Gasteiger partial charge in [-0.15, -0.1) is 0 Å². The van der Waals surface area contributed by atoms with Crippen molar-refractivity contribution in [2.24, 2.45) is 5.73 Å². The molecule has 0 unspecified atom stereocenters. The molecule has 0 bridgehead atoms. The highest BCUT2D eigenvalue weighted by atomic mass is 32.1. The van der Waals surface area contributed by atoms with E-state index in [4.69, 9.17) is 22.4 Å². The molecule has 0 atom stereocenters. The van der Waals surface area contributed by atoms with E-state index in [-0.39, 0.29) is 22.8 Å². The van der Waals surface area contributed by atoms with E-state index in [9.17, 15) is 8.78 Å². The molecule has 0 aliphatic heterocycles. The second-order valence-electron chi connectivity index (χ2n) is 4.52. The zero-order chi connectivity index (χ0) is 14.9. The molecule has 3 nitrogen and oxygen atoms in total. The van der Waals surface area contributed by atoms with Gasteiger partial charge in [0.05, 0.1) is 6.54 Å². The smallest absolute Gasteiger partial charge is 0.150 e. The first kappa shape index (κ1) is 14.5. The lowest BCUT2D eigenvalue weighted by molar-refractivity contribution is 0.478. The average molecular weight is 296 g/mol. The van der Waals surface area contributed by atoms with Gasteiger partial charge in [0.15, 0.2) is 0 Å². The van der Waals surface area contributed by atoms with Gasteiger partial charge in [0.2, 0.25) is 0 Å². The highest BCUT2D eigenvalue weighted by molar-refractivity contribution is 7.80. The summed E-state index contributed by atoms with van der Waals surface area (Å²) in [5, 5.41) is 0. The Morgan fingerprint density at radius 3 is 2.35 bits per heavy atom. The van der Waals surface area contributed by atoms with Gasteiger partial charge in [-0.25, -0.2) is 8.78 Å². The lowest BCUT2D eigenvalue weighted by Crippen LogP contribution is -2.20. The maximum atomic E-state index is 14.0. The number of nitrogens with zero attached hydrogens (tertiary/aromatic N) is 1. The molecule has 0 saturated heterocycles. The standard InChI is InChI=1S/C14H14F2N2OS/c1-8-3-4-10(19-8)7-18(2)13-11(15)5-9(14(17)20)6-12(13)16/h3-6H,7H2,1-2H3,(H2,17,20). The fourth-order valence-corrected chi connectivity index (χ4v) is 2.07. The van der Waals surface area contributed by atoms with E-state index in [1.165, 1.54) is 4.90 Å². The topological polar surface area (TPSA) is 42.4 Å².